The standard InChI is InChI=1S/C14H19N3O2/c1-14(2,3)19-13(18)17-16-10-12-6-4-11(5-7-12)8-9-15/h4-7,16H,8,10H2,1-3H3,(H,17,18). The zero-order valence-corrected chi connectivity index (χ0v) is 11.5. The first-order valence-corrected chi connectivity index (χ1v) is 6.07. The van der Waals surface area contributed by atoms with Crippen molar-refractivity contribution in [3.8, 4) is 6.07 Å². The molecular weight excluding hydrogens is 242 g/mol. The van der Waals surface area contributed by atoms with E-state index in [4.69, 9.17) is 10.00 Å². The topological polar surface area (TPSA) is 74.2 Å². The molecule has 0 atom stereocenters. The summed E-state index contributed by atoms with van der Waals surface area (Å²) < 4.78 is 5.08. The number of benzene rings is 1. The zero-order chi connectivity index (χ0) is 14.3. The molecule has 0 radical (unpaired) electrons. The van der Waals surface area contributed by atoms with Crippen LogP contribution in [0.3, 0.4) is 0 Å². The lowest BCUT2D eigenvalue weighted by Crippen LogP contribution is -2.40. The van der Waals surface area contributed by atoms with Gasteiger partial charge in [-0.25, -0.2) is 10.2 Å². The van der Waals surface area contributed by atoms with Crippen LogP contribution in [0.2, 0.25) is 0 Å². The molecule has 0 saturated carbocycles. The molecule has 1 aromatic carbocycles. The summed E-state index contributed by atoms with van der Waals surface area (Å²) in [5, 5.41) is 8.56. The van der Waals surface area contributed by atoms with E-state index in [1.165, 1.54) is 0 Å². The van der Waals surface area contributed by atoms with Crippen molar-refractivity contribution in [1.82, 2.24) is 10.9 Å². The van der Waals surface area contributed by atoms with Crippen molar-refractivity contribution in [2.75, 3.05) is 0 Å². The molecule has 0 aliphatic carbocycles. The molecule has 102 valence electrons. The Morgan fingerprint density at radius 2 is 1.84 bits per heavy atom. The highest BCUT2D eigenvalue weighted by Gasteiger charge is 2.15. The fourth-order valence-electron chi connectivity index (χ4n) is 1.39. The van der Waals surface area contributed by atoms with Gasteiger partial charge in [-0.2, -0.15) is 5.26 Å². The van der Waals surface area contributed by atoms with Gasteiger partial charge in [0.05, 0.1) is 12.5 Å². The molecule has 5 heteroatoms. The van der Waals surface area contributed by atoms with Crippen LogP contribution < -0.4 is 10.9 Å². The number of ether oxygens (including phenoxy) is 1. The molecule has 0 spiro atoms. The number of hydrogen-bond acceptors (Lipinski definition) is 4. The van der Waals surface area contributed by atoms with Crippen molar-refractivity contribution in [2.45, 2.75) is 39.3 Å². The minimum atomic E-state index is -0.509. The second kappa shape index (κ2) is 6.76. The fourth-order valence-corrected chi connectivity index (χ4v) is 1.39. The maximum atomic E-state index is 11.4. The third kappa shape index (κ3) is 6.43. The van der Waals surface area contributed by atoms with Crippen molar-refractivity contribution in [2.24, 2.45) is 0 Å². The van der Waals surface area contributed by atoms with Gasteiger partial charge in [0.25, 0.3) is 0 Å². The number of nitrogens with one attached hydrogen (secondary N) is 2. The van der Waals surface area contributed by atoms with Crippen LogP contribution in [-0.2, 0) is 17.7 Å². The Morgan fingerprint density at radius 1 is 1.26 bits per heavy atom. The van der Waals surface area contributed by atoms with Gasteiger partial charge in [-0.15, -0.1) is 0 Å². The van der Waals surface area contributed by atoms with Crippen LogP contribution in [-0.4, -0.2) is 11.7 Å². The Labute approximate surface area is 113 Å². The predicted octanol–water partition coefficient (Wildman–Crippen LogP) is 2.28. The molecule has 0 aromatic heterocycles. The molecule has 0 aliphatic heterocycles. The number of nitrogens with zero attached hydrogens (tertiary/aromatic N) is 1. The fraction of sp³-hybridized carbons (Fsp3) is 0.429. The lowest BCUT2D eigenvalue weighted by Gasteiger charge is -2.19. The number of carbonyl (C=O) groups excluding carboxylic acids is 1. The van der Waals surface area contributed by atoms with Gasteiger partial charge in [0, 0.05) is 6.54 Å². The van der Waals surface area contributed by atoms with Crippen molar-refractivity contribution in [3.05, 3.63) is 35.4 Å². The molecule has 1 amide bonds. The highest BCUT2D eigenvalue weighted by atomic mass is 16.6. The van der Waals surface area contributed by atoms with Crippen molar-refractivity contribution in [1.29, 1.82) is 5.26 Å². The smallest absolute Gasteiger partial charge is 0.422 e. The van der Waals surface area contributed by atoms with Gasteiger partial charge in [-0.3, -0.25) is 5.43 Å². The van der Waals surface area contributed by atoms with E-state index in [9.17, 15) is 4.79 Å². The third-order valence-corrected chi connectivity index (χ3v) is 2.19. The maximum absolute atomic E-state index is 11.4. The summed E-state index contributed by atoms with van der Waals surface area (Å²) in [5.74, 6) is 0. The van der Waals surface area contributed by atoms with Crippen LogP contribution in [0, 0.1) is 11.3 Å². The molecule has 5 nitrogen and oxygen atoms in total. The first-order chi connectivity index (χ1) is 8.90. The number of hydrogen-bond donors (Lipinski definition) is 2. The van der Waals surface area contributed by atoms with Gasteiger partial charge < -0.3 is 4.74 Å². The largest absolute Gasteiger partial charge is 0.443 e. The number of rotatable bonds is 4. The van der Waals surface area contributed by atoms with Crippen molar-refractivity contribution in [3.63, 3.8) is 0 Å². The number of amides is 1. The SMILES string of the molecule is CC(C)(C)OC(=O)NNCc1ccc(CC#N)cc1. The second-order valence-corrected chi connectivity index (χ2v) is 5.13. The lowest BCUT2D eigenvalue weighted by atomic mass is 10.1. The van der Waals surface area contributed by atoms with Crippen molar-refractivity contribution >= 4 is 6.09 Å². The summed E-state index contributed by atoms with van der Waals surface area (Å²) in [4.78, 5) is 11.4. The van der Waals surface area contributed by atoms with E-state index in [2.05, 4.69) is 16.9 Å². The molecule has 0 fully saturated rings. The minimum Gasteiger partial charge on any atom is -0.443 e. The third-order valence-electron chi connectivity index (χ3n) is 2.19. The molecule has 1 aromatic rings. The van der Waals surface area contributed by atoms with Gasteiger partial charge >= 0.3 is 6.09 Å². The van der Waals surface area contributed by atoms with Gasteiger partial charge in [0.1, 0.15) is 5.60 Å². The molecule has 0 saturated heterocycles. The average Bonchev–Trinajstić information content (AvgIpc) is 2.29. The Morgan fingerprint density at radius 3 is 2.37 bits per heavy atom. The van der Waals surface area contributed by atoms with Gasteiger partial charge in [-0.1, -0.05) is 24.3 Å². The molecular formula is C14H19N3O2. The number of carbonyl (C=O) groups is 1. The Balaban J connectivity index is 2.33. The normalized spacial score (nSPS) is 10.6. The van der Waals surface area contributed by atoms with E-state index in [0.717, 1.165) is 11.1 Å². The van der Waals surface area contributed by atoms with E-state index in [-0.39, 0.29) is 0 Å². The minimum absolute atomic E-state index is 0.407. The summed E-state index contributed by atoms with van der Waals surface area (Å²) in [6.45, 7) is 5.91. The van der Waals surface area contributed by atoms with E-state index in [1.807, 2.05) is 24.3 Å². The van der Waals surface area contributed by atoms with Crippen LogP contribution >= 0.6 is 0 Å². The Bertz CT molecular complexity index is 455. The highest BCUT2D eigenvalue weighted by Crippen LogP contribution is 2.06. The molecule has 0 unspecified atom stereocenters. The van der Waals surface area contributed by atoms with E-state index < -0.39 is 11.7 Å². The summed E-state index contributed by atoms with van der Waals surface area (Å²) >= 11 is 0. The van der Waals surface area contributed by atoms with Gasteiger partial charge in [0.2, 0.25) is 0 Å². The Hall–Kier alpha value is -2.06. The molecule has 0 heterocycles. The lowest BCUT2D eigenvalue weighted by molar-refractivity contribution is 0.0497. The molecule has 2 N–H and O–H groups in total. The monoisotopic (exact) mass is 261 g/mol. The summed E-state index contributed by atoms with van der Waals surface area (Å²) in [5.41, 5.74) is 6.73. The first-order valence-electron chi connectivity index (χ1n) is 6.07. The summed E-state index contributed by atoms with van der Waals surface area (Å²) in [7, 11) is 0. The van der Waals surface area contributed by atoms with Crippen LogP contribution in [0.15, 0.2) is 24.3 Å². The summed E-state index contributed by atoms with van der Waals surface area (Å²) in [6.07, 6.45) is -0.0993. The second-order valence-electron chi connectivity index (χ2n) is 5.13. The quantitative estimate of drug-likeness (QED) is 0.815. The number of nitriles is 1. The van der Waals surface area contributed by atoms with Crippen LogP contribution in [0.1, 0.15) is 31.9 Å². The van der Waals surface area contributed by atoms with Crippen LogP contribution in [0.5, 0.6) is 0 Å². The first kappa shape index (κ1) is 15.0. The van der Waals surface area contributed by atoms with Crippen LogP contribution in [0.4, 0.5) is 4.79 Å². The van der Waals surface area contributed by atoms with E-state index in [0.29, 0.717) is 13.0 Å². The molecule has 0 aliphatic rings. The molecule has 19 heavy (non-hydrogen) atoms. The maximum Gasteiger partial charge on any atom is 0.422 e. The molecule has 0 bridgehead atoms. The number of hydrazine groups is 1. The van der Waals surface area contributed by atoms with Crippen LogP contribution in [0.25, 0.3) is 0 Å². The van der Waals surface area contributed by atoms with Gasteiger partial charge in [-0.05, 0) is 31.9 Å². The predicted molar refractivity (Wildman–Crippen MR) is 72.0 cm³/mol. The highest BCUT2D eigenvalue weighted by molar-refractivity contribution is 5.66. The van der Waals surface area contributed by atoms with E-state index in [1.54, 1.807) is 20.8 Å². The van der Waals surface area contributed by atoms with Crippen molar-refractivity contribution < 1.29 is 9.53 Å². The Kier molecular flexibility index (Phi) is 5.34. The summed E-state index contributed by atoms with van der Waals surface area (Å²) in [6, 6.07) is 9.71. The molecule has 1 rings (SSSR count). The van der Waals surface area contributed by atoms with Gasteiger partial charge in [0.15, 0.2) is 0 Å². The van der Waals surface area contributed by atoms with E-state index >= 15 is 0 Å². The average molecular weight is 261 g/mol. The zero-order valence-electron chi connectivity index (χ0n) is 11.5.